The van der Waals surface area contributed by atoms with E-state index in [0.717, 1.165) is 30.7 Å². The van der Waals surface area contributed by atoms with Gasteiger partial charge in [0.1, 0.15) is 0 Å². The first-order valence-electron chi connectivity index (χ1n) is 6.80. The van der Waals surface area contributed by atoms with Crippen molar-refractivity contribution in [2.45, 2.75) is 40.2 Å². The average Bonchev–Trinajstić information content (AvgIpc) is 2.46. The van der Waals surface area contributed by atoms with Gasteiger partial charge in [-0.05, 0) is 31.4 Å². The van der Waals surface area contributed by atoms with Gasteiger partial charge in [-0.15, -0.1) is 0 Å². The van der Waals surface area contributed by atoms with Gasteiger partial charge in [0.25, 0.3) is 0 Å². The van der Waals surface area contributed by atoms with E-state index in [9.17, 15) is 5.11 Å². The molecule has 0 bridgehead atoms. The Kier molecular flexibility index (Phi) is 6.90. The summed E-state index contributed by atoms with van der Waals surface area (Å²) in [6.45, 7) is 6.86. The first-order chi connectivity index (χ1) is 9.19. The van der Waals surface area contributed by atoms with Crippen LogP contribution in [0.5, 0.6) is 0 Å². The molecule has 0 spiro atoms. The van der Waals surface area contributed by atoms with Crippen LogP contribution in [0.1, 0.15) is 39.2 Å². The normalized spacial score (nSPS) is 12.6. The number of aliphatic hydroxyl groups excluding tert-OH is 1. The highest BCUT2D eigenvalue weighted by Crippen LogP contribution is 2.14. The quantitative estimate of drug-likeness (QED) is 0.601. The van der Waals surface area contributed by atoms with Crippen LogP contribution in [0.15, 0.2) is 46.7 Å². The van der Waals surface area contributed by atoms with E-state index in [2.05, 4.69) is 24.2 Å². The first kappa shape index (κ1) is 15.4. The van der Waals surface area contributed by atoms with Gasteiger partial charge in [0.05, 0.1) is 13.2 Å². The van der Waals surface area contributed by atoms with Gasteiger partial charge in [-0.1, -0.05) is 43.7 Å². The van der Waals surface area contributed by atoms with E-state index in [1.165, 1.54) is 5.56 Å². The van der Waals surface area contributed by atoms with E-state index >= 15 is 0 Å². The summed E-state index contributed by atoms with van der Waals surface area (Å²) in [7, 11) is 0. The molecule has 0 amide bonds. The van der Waals surface area contributed by atoms with Crippen LogP contribution in [0.4, 0.5) is 0 Å². The van der Waals surface area contributed by atoms with Crippen molar-refractivity contribution >= 4 is 6.21 Å². The summed E-state index contributed by atoms with van der Waals surface area (Å²) in [4.78, 5) is 0. The van der Waals surface area contributed by atoms with E-state index in [-0.39, 0.29) is 6.61 Å². The minimum absolute atomic E-state index is 0.0699. The summed E-state index contributed by atoms with van der Waals surface area (Å²) in [5, 5.41) is 15.7. The van der Waals surface area contributed by atoms with Crippen molar-refractivity contribution in [1.82, 2.24) is 5.01 Å². The monoisotopic (exact) mass is 260 g/mol. The molecular formula is C16H24N2O. The maximum Gasteiger partial charge on any atom is 0.0662 e. The standard InChI is InChI=1S/C16H24N2O/c1-4-5-11-17-18(15(3)14(2)13-19)12-16-9-7-6-8-10-16/h6-11,19H,4-5,12-13H2,1-3H3/b15-14+,17-11+. The number of unbranched alkanes of at least 4 members (excludes halogenated alkanes) is 1. The van der Waals surface area contributed by atoms with Gasteiger partial charge >= 0.3 is 0 Å². The van der Waals surface area contributed by atoms with Crippen molar-refractivity contribution in [3.05, 3.63) is 47.2 Å². The fourth-order valence-electron chi connectivity index (χ4n) is 1.62. The molecule has 19 heavy (non-hydrogen) atoms. The van der Waals surface area contributed by atoms with Gasteiger partial charge in [-0.3, -0.25) is 5.01 Å². The molecular weight excluding hydrogens is 236 g/mol. The SMILES string of the molecule is CCC/C=N/N(Cc1ccccc1)/C(C)=C(\C)CO. The van der Waals surface area contributed by atoms with Crippen molar-refractivity contribution in [2.24, 2.45) is 5.10 Å². The minimum Gasteiger partial charge on any atom is -0.392 e. The molecule has 3 heteroatoms. The number of hydrogen-bond donors (Lipinski definition) is 1. The number of nitrogens with zero attached hydrogens (tertiary/aromatic N) is 2. The van der Waals surface area contributed by atoms with Crippen molar-refractivity contribution in [3.8, 4) is 0 Å². The lowest BCUT2D eigenvalue weighted by atomic mass is 10.2. The maximum atomic E-state index is 9.26. The fourth-order valence-corrected chi connectivity index (χ4v) is 1.62. The number of allylic oxidation sites excluding steroid dienone is 1. The highest BCUT2D eigenvalue weighted by molar-refractivity contribution is 5.56. The van der Waals surface area contributed by atoms with Crippen LogP contribution in [-0.2, 0) is 6.54 Å². The van der Waals surface area contributed by atoms with Crippen molar-refractivity contribution in [2.75, 3.05) is 6.61 Å². The van der Waals surface area contributed by atoms with Gasteiger partial charge in [-0.2, -0.15) is 5.10 Å². The zero-order valence-corrected chi connectivity index (χ0v) is 12.1. The third-order valence-corrected chi connectivity index (χ3v) is 3.06. The van der Waals surface area contributed by atoms with Crippen LogP contribution >= 0.6 is 0 Å². The Balaban J connectivity index is 2.87. The summed E-state index contributed by atoms with van der Waals surface area (Å²) in [6, 6.07) is 10.2. The molecule has 1 N–H and O–H groups in total. The molecule has 3 nitrogen and oxygen atoms in total. The second-order valence-electron chi connectivity index (χ2n) is 4.65. The van der Waals surface area contributed by atoms with Crippen molar-refractivity contribution < 1.29 is 5.11 Å². The largest absolute Gasteiger partial charge is 0.392 e. The maximum absolute atomic E-state index is 9.26. The molecule has 0 saturated heterocycles. The fraction of sp³-hybridized carbons (Fsp3) is 0.438. The lowest BCUT2D eigenvalue weighted by Gasteiger charge is -2.21. The molecule has 0 aliphatic carbocycles. The van der Waals surface area contributed by atoms with Crippen LogP contribution in [0.25, 0.3) is 0 Å². The Morgan fingerprint density at radius 2 is 1.95 bits per heavy atom. The van der Waals surface area contributed by atoms with Gasteiger partial charge in [0, 0.05) is 11.9 Å². The minimum atomic E-state index is 0.0699. The molecule has 0 unspecified atom stereocenters. The lowest BCUT2D eigenvalue weighted by Crippen LogP contribution is -2.17. The second kappa shape index (κ2) is 8.48. The highest BCUT2D eigenvalue weighted by atomic mass is 16.3. The second-order valence-corrected chi connectivity index (χ2v) is 4.65. The molecule has 0 aliphatic rings. The van der Waals surface area contributed by atoms with E-state index < -0.39 is 0 Å². The average molecular weight is 260 g/mol. The molecule has 1 aromatic rings. The van der Waals surface area contributed by atoms with Crippen LogP contribution in [0, 0.1) is 0 Å². The van der Waals surface area contributed by atoms with E-state index in [1.54, 1.807) is 0 Å². The van der Waals surface area contributed by atoms with Crippen molar-refractivity contribution in [1.29, 1.82) is 0 Å². The summed E-state index contributed by atoms with van der Waals surface area (Å²) in [5.41, 5.74) is 3.17. The lowest BCUT2D eigenvalue weighted by molar-refractivity contribution is 0.309. The van der Waals surface area contributed by atoms with Crippen LogP contribution in [-0.4, -0.2) is 22.9 Å². The molecule has 0 heterocycles. The van der Waals surface area contributed by atoms with Gasteiger partial charge in [0.2, 0.25) is 0 Å². The van der Waals surface area contributed by atoms with Gasteiger partial charge in [-0.25, -0.2) is 0 Å². The van der Waals surface area contributed by atoms with Crippen LogP contribution < -0.4 is 0 Å². The summed E-state index contributed by atoms with van der Waals surface area (Å²) >= 11 is 0. The van der Waals surface area contributed by atoms with E-state index in [1.807, 2.05) is 43.3 Å². The first-order valence-corrected chi connectivity index (χ1v) is 6.80. The number of aliphatic hydroxyl groups is 1. The third-order valence-electron chi connectivity index (χ3n) is 3.06. The predicted molar refractivity (Wildman–Crippen MR) is 80.8 cm³/mol. The Morgan fingerprint density at radius 1 is 1.26 bits per heavy atom. The third kappa shape index (κ3) is 5.26. The molecule has 104 valence electrons. The Morgan fingerprint density at radius 3 is 2.53 bits per heavy atom. The summed E-state index contributed by atoms with van der Waals surface area (Å²) in [6.07, 6.45) is 4.00. The van der Waals surface area contributed by atoms with E-state index in [0.29, 0.717) is 0 Å². The number of hydrazone groups is 1. The number of rotatable bonds is 7. The molecule has 0 aromatic heterocycles. The Bertz CT molecular complexity index is 424. The molecule has 0 fully saturated rings. The Labute approximate surface area is 116 Å². The van der Waals surface area contributed by atoms with Crippen LogP contribution in [0.2, 0.25) is 0 Å². The molecule has 1 rings (SSSR count). The van der Waals surface area contributed by atoms with E-state index in [4.69, 9.17) is 0 Å². The molecule has 0 saturated carbocycles. The zero-order valence-electron chi connectivity index (χ0n) is 12.1. The Hall–Kier alpha value is -1.61. The molecule has 0 radical (unpaired) electrons. The topological polar surface area (TPSA) is 35.8 Å². The molecule has 0 aliphatic heterocycles. The summed E-state index contributed by atoms with van der Waals surface area (Å²) in [5.74, 6) is 0. The molecule has 1 aromatic carbocycles. The smallest absolute Gasteiger partial charge is 0.0662 e. The van der Waals surface area contributed by atoms with Crippen molar-refractivity contribution in [3.63, 3.8) is 0 Å². The van der Waals surface area contributed by atoms with Gasteiger partial charge in [0.15, 0.2) is 0 Å². The zero-order chi connectivity index (χ0) is 14.1. The predicted octanol–water partition coefficient (Wildman–Crippen LogP) is 3.56. The van der Waals surface area contributed by atoms with Gasteiger partial charge < -0.3 is 5.11 Å². The number of hydrogen-bond acceptors (Lipinski definition) is 3. The summed E-state index contributed by atoms with van der Waals surface area (Å²) < 4.78 is 0. The van der Waals surface area contributed by atoms with Crippen LogP contribution in [0.3, 0.4) is 0 Å². The highest BCUT2D eigenvalue weighted by Gasteiger charge is 2.07. The molecule has 0 atom stereocenters. The number of benzene rings is 1.